The van der Waals surface area contributed by atoms with Crippen molar-refractivity contribution >= 4 is 17.5 Å². The molecule has 2 aromatic rings. The molecule has 1 aromatic carbocycles. The lowest BCUT2D eigenvalue weighted by molar-refractivity contribution is 0.0237. The van der Waals surface area contributed by atoms with Crippen LogP contribution < -0.4 is 15.4 Å². The van der Waals surface area contributed by atoms with Gasteiger partial charge < -0.3 is 25.2 Å². The zero-order valence-electron chi connectivity index (χ0n) is 16.6. The fourth-order valence-electron chi connectivity index (χ4n) is 3.81. The highest BCUT2D eigenvalue weighted by atomic mass is 35.5. The maximum Gasteiger partial charge on any atom is 0.253 e. The summed E-state index contributed by atoms with van der Waals surface area (Å²) in [5, 5.41) is 16.9. The number of amides is 1. The normalized spacial score (nSPS) is 20.3. The zero-order chi connectivity index (χ0) is 20.9. The molecule has 0 spiro atoms. The van der Waals surface area contributed by atoms with E-state index in [2.05, 4.69) is 27.8 Å². The lowest BCUT2D eigenvalue weighted by Gasteiger charge is -2.30. The highest BCUT2D eigenvalue weighted by Crippen LogP contribution is 2.22. The Morgan fingerprint density at radius 3 is 2.90 bits per heavy atom. The molecule has 2 atom stereocenters. The Morgan fingerprint density at radius 2 is 2.10 bits per heavy atom. The van der Waals surface area contributed by atoms with Crippen LogP contribution in [0.4, 0.5) is 0 Å². The largest absolute Gasteiger partial charge is 0.474 e. The average molecular weight is 432 g/mol. The van der Waals surface area contributed by atoms with Crippen LogP contribution in [0.25, 0.3) is 0 Å². The van der Waals surface area contributed by atoms with Gasteiger partial charge in [0, 0.05) is 38.0 Å². The van der Waals surface area contributed by atoms with E-state index in [1.54, 1.807) is 6.07 Å². The number of ether oxygens (including phenoxy) is 2. The topological polar surface area (TPSA) is 92.7 Å². The minimum atomic E-state index is -0.721. The van der Waals surface area contributed by atoms with E-state index < -0.39 is 6.10 Å². The number of fused-ring (bicyclic) bond motifs is 1. The first kappa shape index (κ1) is 21.1. The second kappa shape index (κ2) is 9.75. The summed E-state index contributed by atoms with van der Waals surface area (Å²) in [6, 6.07) is 9.59. The monoisotopic (exact) mass is 431 g/mol. The standard InChI is InChI=1S/C22H26ClN3O4/c23-18-12-25-21(30-16-5-7-29-8-6-16)10-17(18)22(28)26-13-20(27)19-9-14-3-1-2-4-15(14)11-24-19/h1-4,10,12,16,19-20,24,27H,5-9,11,13H2,(H,26,28). The van der Waals surface area contributed by atoms with Crippen LogP contribution in [0, 0.1) is 0 Å². The number of nitrogens with zero attached hydrogens (tertiary/aromatic N) is 1. The first-order valence-corrected chi connectivity index (χ1v) is 10.6. The third-order valence-corrected chi connectivity index (χ3v) is 5.88. The van der Waals surface area contributed by atoms with Gasteiger partial charge >= 0.3 is 0 Å². The predicted octanol–water partition coefficient (Wildman–Crippen LogP) is 2.10. The van der Waals surface area contributed by atoms with Crippen LogP contribution in [0.3, 0.4) is 0 Å². The van der Waals surface area contributed by atoms with E-state index in [0.29, 0.717) is 32.1 Å². The number of aliphatic hydroxyl groups excluding tert-OH is 1. The molecule has 30 heavy (non-hydrogen) atoms. The SMILES string of the molecule is O=C(NCC(O)C1Cc2ccccc2CN1)c1cc(OC2CCOCC2)ncc1Cl. The molecule has 3 N–H and O–H groups in total. The number of rotatable bonds is 6. The van der Waals surface area contributed by atoms with Crippen molar-refractivity contribution in [3.05, 3.63) is 58.2 Å². The van der Waals surface area contributed by atoms with Gasteiger partial charge in [-0.25, -0.2) is 4.98 Å². The molecule has 4 rings (SSSR count). The number of nitrogens with one attached hydrogen (secondary N) is 2. The van der Waals surface area contributed by atoms with Crippen molar-refractivity contribution in [2.75, 3.05) is 19.8 Å². The highest BCUT2D eigenvalue weighted by molar-refractivity contribution is 6.33. The van der Waals surface area contributed by atoms with Gasteiger partial charge in [-0.2, -0.15) is 0 Å². The molecular formula is C22H26ClN3O4. The number of carbonyl (C=O) groups is 1. The second-order valence-corrected chi connectivity index (χ2v) is 8.08. The summed E-state index contributed by atoms with van der Waals surface area (Å²) in [6.45, 7) is 2.13. The molecule has 0 saturated carbocycles. The molecule has 2 aliphatic heterocycles. The molecule has 0 radical (unpaired) electrons. The van der Waals surface area contributed by atoms with Gasteiger partial charge in [0.1, 0.15) is 6.10 Å². The highest BCUT2D eigenvalue weighted by Gasteiger charge is 2.25. The lowest BCUT2D eigenvalue weighted by Crippen LogP contribution is -2.49. The molecule has 7 nitrogen and oxygen atoms in total. The van der Waals surface area contributed by atoms with Crippen molar-refractivity contribution in [2.24, 2.45) is 0 Å². The Kier molecular flexibility index (Phi) is 6.84. The van der Waals surface area contributed by atoms with E-state index >= 15 is 0 Å². The third kappa shape index (κ3) is 5.10. The summed E-state index contributed by atoms with van der Waals surface area (Å²) in [6.07, 6.45) is 3.00. The third-order valence-electron chi connectivity index (χ3n) is 5.58. The van der Waals surface area contributed by atoms with E-state index in [1.807, 2.05) is 12.1 Å². The summed E-state index contributed by atoms with van der Waals surface area (Å²) in [4.78, 5) is 16.8. The Bertz CT molecular complexity index is 888. The first-order valence-electron chi connectivity index (χ1n) is 10.3. The van der Waals surface area contributed by atoms with Crippen molar-refractivity contribution in [3.63, 3.8) is 0 Å². The van der Waals surface area contributed by atoms with Gasteiger partial charge in [-0.1, -0.05) is 35.9 Å². The molecule has 1 aromatic heterocycles. The predicted molar refractivity (Wildman–Crippen MR) is 113 cm³/mol. The molecular weight excluding hydrogens is 406 g/mol. The second-order valence-electron chi connectivity index (χ2n) is 7.67. The van der Waals surface area contributed by atoms with Crippen molar-refractivity contribution < 1.29 is 19.4 Å². The summed E-state index contributed by atoms with van der Waals surface area (Å²) < 4.78 is 11.2. The number of aliphatic hydroxyl groups is 1. The van der Waals surface area contributed by atoms with E-state index in [9.17, 15) is 9.90 Å². The van der Waals surface area contributed by atoms with Gasteiger partial charge in [-0.3, -0.25) is 4.79 Å². The Hall–Kier alpha value is -2.19. The van der Waals surface area contributed by atoms with Crippen molar-refractivity contribution in [1.82, 2.24) is 15.6 Å². The average Bonchev–Trinajstić information content (AvgIpc) is 2.79. The maximum atomic E-state index is 12.7. The van der Waals surface area contributed by atoms with Crippen LogP contribution in [-0.2, 0) is 17.7 Å². The van der Waals surface area contributed by atoms with Gasteiger partial charge in [0.05, 0.1) is 36.1 Å². The number of halogens is 1. The van der Waals surface area contributed by atoms with Gasteiger partial charge in [-0.05, 0) is 17.5 Å². The van der Waals surface area contributed by atoms with Crippen molar-refractivity contribution in [2.45, 2.75) is 44.1 Å². The number of carbonyl (C=O) groups excluding carboxylic acids is 1. The Morgan fingerprint density at radius 1 is 1.33 bits per heavy atom. The molecule has 8 heteroatoms. The molecule has 1 amide bonds. The minimum Gasteiger partial charge on any atom is -0.474 e. The number of pyridine rings is 1. The van der Waals surface area contributed by atoms with Gasteiger partial charge in [0.15, 0.2) is 0 Å². The van der Waals surface area contributed by atoms with Crippen LogP contribution in [-0.4, -0.2) is 54.0 Å². The van der Waals surface area contributed by atoms with Crippen LogP contribution in [0.1, 0.15) is 34.3 Å². The number of aromatic nitrogens is 1. The Balaban J connectivity index is 1.34. The van der Waals surface area contributed by atoms with Crippen molar-refractivity contribution in [3.8, 4) is 5.88 Å². The minimum absolute atomic E-state index is 0.0189. The fourth-order valence-corrected chi connectivity index (χ4v) is 4.00. The molecule has 2 unspecified atom stereocenters. The molecule has 160 valence electrons. The fraction of sp³-hybridized carbons (Fsp3) is 0.455. The summed E-state index contributed by atoms with van der Waals surface area (Å²) in [5.74, 6) is -0.00274. The smallest absolute Gasteiger partial charge is 0.253 e. The van der Waals surface area contributed by atoms with E-state index in [0.717, 1.165) is 12.8 Å². The van der Waals surface area contributed by atoms with Gasteiger partial charge in [-0.15, -0.1) is 0 Å². The maximum absolute atomic E-state index is 12.7. The lowest BCUT2D eigenvalue weighted by atomic mass is 9.93. The van der Waals surface area contributed by atoms with E-state index in [-0.39, 0.29) is 35.2 Å². The molecule has 1 saturated heterocycles. The van der Waals surface area contributed by atoms with E-state index in [1.165, 1.54) is 17.3 Å². The summed E-state index contributed by atoms with van der Waals surface area (Å²) >= 11 is 6.18. The van der Waals surface area contributed by atoms with Crippen LogP contribution >= 0.6 is 11.6 Å². The molecule has 2 aliphatic rings. The summed E-state index contributed by atoms with van der Waals surface area (Å²) in [7, 11) is 0. The van der Waals surface area contributed by atoms with Crippen LogP contribution in [0.5, 0.6) is 5.88 Å². The van der Waals surface area contributed by atoms with Crippen LogP contribution in [0.15, 0.2) is 36.5 Å². The van der Waals surface area contributed by atoms with Gasteiger partial charge in [0.2, 0.25) is 5.88 Å². The van der Waals surface area contributed by atoms with Gasteiger partial charge in [0.25, 0.3) is 5.91 Å². The van der Waals surface area contributed by atoms with E-state index in [4.69, 9.17) is 21.1 Å². The first-order chi connectivity index (χ1) is 14.6. The number of hydrogen-bond acceptors (Lipinski definition) is 6. The summed E-state index contributed by atoms with van der Waals surface area (Å²) in [5.41, 5.74) is 2.74. The Labute approximate surface area is 180 Å². The zero-order valence-corrected chi connectivity index (χ0v) is 17.4. The van der Waals surface area contributed by atoms with Crippen molar-refractivity contribution in [1.29, 1.82) is 0 Å². The van der Waals surface area contributed by atoms with Crippen LogP contribution in [0.2, 0.25) is 5.02 Å². The molecule has 0 bridgehead atoms. The molecule has 0 aliphatic carbocycles. The molecule has 1 fully saturated rings. The number of benzene rings is 1. The number of hydrogen-bond donors (Lipinski definition) is 3. The quantitative estimate of drug-likeness (QED) is 0.648. The molecule has 3 heterocycles.